The quantitative estimate of drug-likeness (QED) is 0.847. The van der Waals surface area contributed by atoms with Crippen LogP contribution in [0.2, 0.25) is 0 Å². The summed E-state index contributed by atoms with van der Waals surface area (Å²) in [7, 11) is 0. The van der Waals surface area contributed by atoms with Crippen molar-refractivity contribution in [2.75, 3.05) is 11.9 Å². The fraction of sp³-hybridized carbons (Fsp3) is 0.562. The zero-order chi connectivity index (χ0) is 14.4. The Hall–Kier alpha value is -1.26. The van der Waals surface area contributed by atoms with E-state index in [0.717, 1.165) is 24.4 Å². The minimum Gasteiger partial charge on any atom is -0.491 e. The van der Waals surface area contributed by atoms with E-state index < -0.39 is 0 Å². The predicted octanol–water partition coefficient (Wildman–Crippen LogP) is 3.37. The third-order valence-electron chi connectivity index (χ3n) is 3.39. The number of rotatable bonds is 6. The summed E-state index contributed by atoms with van der Waals surface area (Å²) in [5, 5.41) is 6.33. The summed E-state index contributed by atoms with van der Waals surface area (Å²) in [5.74, 6) is 0.907. The van der Waals surface area contributed by atoms with Crippen LogP contribution in [-0.2, 0) is 4.79 Å². The van der Waals surface area contributed by atoms with Crippen LogP contribution in [0.25, 0.3) is 0 Å². The second-order valence-electron chi connectivity index (χ2n) is 5.57. The van der Waals surface area contributed by atoms with Gasteiger partial charge >= 0.3 is 0 Å². The first-order valence-electron chi connectivity index (χ1n) is 7.43. The van der Waals surface area contributed by atoms with Crippen LogP contribution in [0, 0.1) is 0 Å². The molecule has 21 heavy (non-hydrogen) atoms. The Morgan fingerprint density at radius 3 is 2.67 bits per heavy atom. The van der Waals surface area contributed by atoms with Crippen LogP contribution in [0.4, 0.5) is 5.69 Å². The molecule has 0 saturated carbocycles. The highest BCUT2D eigenvalue weighted by molar-refractivity contribution is 5.90. The van der Waals surface area contributed by atoms with Crippen LogP contribution >= 0.6 is 12.4 Å². The molecule has 5 heteroatoms. The Kier molecular flexibility index (Phi) is 7.54. The van der Waals surface area contributed by atoms with Gasteiger partial charge in [0.2, 0.25) is 5.91 Å². The lowest BCUT2D eigenvalue weighted by Crippen LogP contribution is -2.23. The molecule has 1 heterocycles. The van der Waals surface area contributed by atoms with Gasteiger partial charge in [-0.15, -0.1) is 12.4 Å². The Bertz CT molecular complexity index is 428. The maximum Gasteiger partial charge on any atom is 0.224 e. The maximum absolute atomic E-state index is 11.9. The molecule has 4 nitrogen and oxygen atoms in total. The molecule has 0 spiro atoms. The van der Waals surface area contributed by atoms with Crippen LogP contribution < -0.4 is 15.4 Å². The molecule has 2 rings (SSSR count). The first kappa shape index (κ1) is 17.8. The zero-order valence-corrected chi connectivity index (χ0v) is 13.5. The summed E-state index contributed by atoms with van der Waals surface area (Å²) >= 11 is 0. The van der Waals surface area contributed by atoms with E-state index in [9.17, 15) is 4.79 Å². The summed E-state index contributed by atoms with van der Waals surface area (Å²) < 4.78 is 5.57. The lowest BCUT2D eigenvalue weighted by atomic mass is 10.1. The summed E-state index contributed by atoms with van der Waals surface area (Å²) in [6.45, 7) is 5.07. The molecule has 0 radical (unpaired) electrons. The van der Waals surface area contributed by atoms with Crippen molar-refractivity contribution in [2.24, 2.45) is 0 Å². The van der Waals surface area contributed by atoms with Crippen molar-refractivity contribution in [3.8, 4) is 5.75 Å². The molecule has 1 saturated heterocycles. The van der Waals surface area contributed by atoms with Crippen LogP contribution in [0.15, 0.2) is 24.3 Å². The molecule has 118 valence electrons. The van der Waals surface area contributed by atoms with Crippen LogP contribution in [0.5, 0.6) is 5.75 Å². The lowest BCUT2D eigenvalue weighted by molar-refractivity contribution is -0.116. The van der Waals surface area contributed by atoms with E-state index in [1.54, 1.807) is 0 Å². The monoisotopic (exact) mass is 312 g/mol. The van der Waals surface area contributed by atoms with Crippen LogP contribution in [0.1, 0.15) is 39.5 Å². The Balaban J connectivity index is 0.00000220. The number of hydrogen-bond acceptors (Lipinski definition) is 3. The van der Waals surface area contributed by atoms with Gasteiger partial charge in [-0.1, -0.05) is 0 Å². The van der Waals surface area contributed by atoms with Crippen molar-refractivity contribution in [3.63, 3.8) is 0 Å². The van der Waals surface area contributed by atoms with Gasteiger partial charge in [-0.25, -0.2) is 0 Å². The van der Waals surface area contributed by atoms with Crippen molar-refractivity contribution in [2.45, 2.75) is 51.7 Å². The van der Waals surface area contributed by atoms with E-state index in [2.05, 4.69) is 10.6 Å². The molecule has 0 bridgehead atoms. The van der Waals surface area contributed by atoms with Gasteiger partial charge in [-0.05, 0) is 63.9 Å². The number of anilines is 1. The normalized spacial score (nSPS) is 17.4. The average molecular weight is 313 g/mol. The topological polar surface area (TPSA) is 50.4 Å². The molecular formula is C16H25ClN2O2. The molecule has 1 amide bonds. The fourth-order valence-electron chi connectivity index (χ4n) is 2.42. The average Bonchev–Trinajstić information content (AvgIpc) is 2.91. The van der Waals surface area contributed by atoms with E-state index in [1.807, 2.05) is 38.1 Å². The van der Waals surface area contributed by atoms with Crippen LogP contribution in [-0.4, -0.2) is 24.6 Å². The third-order valence-corrected chi connectivity index (χ3v) is 3.39. The number of hydrogen-bond donors (Lipinski definition) is 2. The highest BCUT2D eigenvalue weighted by atomic mass is 35.5. The molecule has 0 aliphatic carbocycles. The third kappa shape index (κ3) is 6.36. The van der Waals surface area contributed by atoms with Gasteiger partial charge in [0.25, 0.3) is 0 Å². The van der Waals surface area contributed by atoms with Gasteiger partial charge in [-0.2, -0.15) is 0 Å². The molecule has 1 aromatic carbocycles. The number of amides is 1. The predicted molar refractivity (Wildman–Crippen MR) is 88.3 cm³/mol. The SMILES string of the molecule is CC(C)Oc1ccc(NC(=O)CCC2CCCN2)cc1.Cl. The second-order valence-corrected chi connectivity index (χ2v) is 5.57. The summed E-state index contributed by atoms with van der Waals surface area (Å²) in [5.41, 5.74) is 0.825. The fourth-order valence-corrected chi connectivity index (χ4v) is 2.42. The molecule has 1 unspecified atom stereocenters. The van der Waals surface area contributed by atoms with Crippen molar-refractivity contribution in [1.29, 1.82) is 0 Å². The Morgan fingerprint density at radius 2 is 2.10 bits per heavy atom. The number of benzene rings is 1. The number of carbonyl (C=O) groups excluding carboxylic acids is 1. The van der Waals surface area contributed by atoms with Crippen molar-refractivity contribution in [1.82, 2.24) is 5.32 Å². The van der Waals surface area contributed by atoms with E-state index >= 15 is 0 Å². The standard InChI is InChI=1S/C16H24N2O2.ClH/c1-12(2)20-15-8-5-14(6-9-15)18-16(19)10-7-13-4-3-11-17-13;/h5-6,8-9,12-13,17H,3-4,7,10-11H2,1-2H3,(H,18,19);1H. The minimum atomic E-state index is 0. The highest BCUT2D eigenvalue weighted by Gasteiger charge is 2.15. The molecule has 1 aliphatic heterocycles. The largest absolute Gasteiger partial charge is 0.491 e. The highest BCUT2D eigenvalue weighted by Crippen LogP contribution is 2.17. The molecule has 2 N–H and O–H groups in total. The Morgan fingerprint density at radius 1 is 1.38 bits per heavy atom. The number of halogens is 1. The van der Waals surface area contributed by atoms with Gasteiger partial charge in [0.1, 0.15) is 5.75 Å². The minimum absolute atomic E-state index is 0. The maximum atomic E-state index is 11.9. The smallest absolute Gasteiger partial charge is 0.224 e. The first-order valence-corrected chi connectivity index (χ1v) is 7.43. The zero-order valence-electron chi connectivity index (χ0n) is 12.7. The Labute approximate surface area is 133 Å². The van der Waals surface area contributed by atoms with Gasteiger partial charge in [0, 0.05) is 18.2 Å². The van der Waals surface area contributed by atoms with Crippen molar-refractivity contribution < 1.29 is 9.53 Å². The first-order chi connectivity index (χ1) is 9.63. The van der Waals surface area contributed by atoms with E-state index in [1.165, 1.54) is 12.8 Å². The molecule has 1 atom stereocenters. The summed E-state index contributed by atoms with van der Waals surface area (Å²) in [6.07, 6.45) is 4.06. The number of nitrogens with one attached hydrogen (secondary N) is 2. The summed E-state index contributed by atoms with van der Waals surface area (Å²) in [6, 6.07) is 8.04. The molecule has 1 aliphatic rings. The van der Waals surface area contributed by atoms with E-state index in [-0.39, 0.29) is 24.4 Å². The molecule has 1 fully saturated rings. The molecular weight excluding hydrogens is 288 g/mol. The number of ether oxygens (including phenoxy) is 1. The van der Waals surface area contributed by atoms with Gasteiger partial charge in [0.15, 0.2) is 0 Å². The van der Waals surface area contributed by atoms with Gasteiger partial charge in [0.05, 0.1) is 6.10 Å². The lowest BCUT2D eigenvalue weighted by Gasteiger charge is -2.12. The molecule has 1 aromatic rings. The number of carbonyl (C=O) groups is 1. The van der Waals surface area contributed by atoms with Gasteiger partial charge in [-0.3, -0.25) is 4.79 Å². The van der Waals surface area contributed by atoms with E-state index in [4.69, 9.17) is 4.74 Å². The van der Waals surface area contributed by atoms with Crippen LogP contribution in [0.3, 0.4) is 0 Å². The second kappa shape index (κ2) is 8.90. The molecule has 0 aromatic heterocycles. The van der Waals surface area contributed by atoms with Gasteiger partial charge < -0.3 is 15.4 Å². The van der Waals surface area contributed by atoms with Crippen molar-refractivity contribution in [3.05, 3.63) is 24.3 Å². The summed E-state index contributed by atoms with van der Waals surface area (Å²) in [4.78, 5) is 11.9. The van der Waals surface area contributed by atoms with Crippen molar-refractivity contribution >= 4 is 24.0 Å². The van der Waals surface area contributed by atoms with E-state index in [0.29, 0.717) is 12.5 Å².